The number of imidazole rings is 1. The van der Waals surface area contributed by atoms with Crippen LogP contribution in [0, 0.1) is 11.3 Å². The molecule has 0 amide bonds. The van der Waals surface area contributed by atoms with Gasteiger partial charge in [-0.3, -0.25) is 4.40 Å². The van der Waals surface area contributed by atoms with Crippen LogP contribution in [0.15, 0.2) is 95.2 Å². The lowest BCUT2D eigenvalue weighted by molar-refractivity contribution is 1.21. The SMILES string of the molecule is N#Cc1cc2c(N=Nc3ccccc3)c3ccccc3c-2n2c1[nH]c1ccccc12. The number of aromatic amines is 1. The first-order chi connectivity index (χ1) is 14.8. The van der Waals surface area contributed by atoms with Crippen LogP contribution < -0.4 is 0 Å². The molecule has 0 saturated heterocycles. The maximum absolute atomic E-state index is 9.86. The number of rotatable bonds is 2. The minimum absolute atomic E-state index is 0.574. The van der Waals surface area contributed by atoms with Gasteiger partial charge in [-0.25, -0.2) is 0 Å². The summed E-state index contributed by atoms with van der Waals surface area (Å²) in [4.78, 5) is 3.41. The van der Waals surface area contributed by atoms with E-state index in [-0.39, 0.29) is 0 Å². The number of benzene rings is 3. The Kier molecular flexibility index (Phi) is 3.47. The molecule has 6 rings (SSSR count). The first-order valence-corrected chi connectivity index (χ1v) is 9.68. The molecule has 0 radical (unpaired) electrons. The quantitative estimate of drug-likeness (QED) is 0.321. The van der Waals surface area contributed by atoms with E-state index in [0.29, 0.717) is 5.56 Å². The fourth-order valence-electron chi connectivity index (χ4n) is 4.18. The van der Waals surface area contributed by atoms with Crippen LogP contribution in [-0.2, 0) is 0 Å². The first-order valence-electron chi connectivity index (χ1n) is 9.68. The normalized spacial score (nSPS) is 11.8. The topological polar surface area (TPSA) is 68.7 Å². The highest BCUT2D eigenvalue weighted by molar-refractivity contribution is 6.13. The number of H-pyrrole nitrogens is 1. The number of hydrogen-bond acceptors (Lipinski definition) is 3. The van der Waals surface area contributed by atoms with Gasteiger partial charge in [0.15, 0.2) is 0 Å². The summed E-state index contributed by atoms with van der Waals surface area (Å²) in [5.41, 5.74) is 6.88. The smallest absolute Gasteiger partial charge is 0.133 e. The molecule has 4 aromatic rings. The maximum atomic E-state index is 9.86. The van der Waals surface area contributed by atoms with Crippen molar-refractivity contribution in [2.75, 3.05) is 0 Å². The summed E-state index contributed by atoms with van der Waals surface area (Å²) in [6, 6.07) is 30.2. The zero-order chi connectivity index (χ0) is 20.1. The van der Waals surface area contributed by atoms with Crippen molar-refractivity contribution in [3.05, 3.63) is 90.5 Å². The van der Waals surface area contributed by atoms with E-state index in [1.807, 2.05) is 66.7 Å². The number of aromatic nitrogens is 2. The molecule has 1 aliphatic carbocycles. The Balaban J connectivity index is 1.76. The van der Waals surface area contributed by atoms with Gasteiger partial charge in [-0.1, -0.05) is 54.6 Å². The molecular weight excluding hydrogens is 370 g/mol. The molecule has 0 saturated carbocycles. The van der Waals surface area contributed by atoms with Crippen LogP contribution in [0.1, 0.15) is 5.56 Å². The average molecular weight is 385 g/mol. The Morgan fingerprint density at radius 3 is 2.37 bits per heavy atom. The van der Waals surface area contributed by atoms with Crippen LogP contribution >= 0.6 is 0 Å². The van der Waals surface area contributed by atoms with Gasteiger partial charge in [-0.15, -0.1) is 5.11 Å². The molecule has 3 aromatic carbocycles. The Labute approximate surface area is 171 Å². The Bertz CT molecular complexity index is 1600. The third-order valence-electron chi connectivity index (χ3n) is 5.48. The fraction of sp³-hybridized carbons (Fsp3) is 0. The fourth-order valence-corrected chi connectivity index (χ4v) is 4.18. The molecule has 1 aliphatic heterocycles. The van der Waals surface area contributed by atoms with Crippen LogP contribution in [0.2, 0.25) is 0 Å². The second kappa shape index (κ2) is 6.29. The zero-order valence-electron chi connectivity index (χ0n) is 15.9. The van der Waals surface area contributed by atoms with Crippen LogP contribution in [0.5, 0.6) is 0 Å². The molecule has 1 aromatic heterocycles. The molecule has 140 valence electrons. The Morgan fingerprint density at radius 1 is 0.800 bits per heavy atom. The highest BCUT2D eigenvalue weighted by Crippen LogP contribution is 2.47. The van der Waals surface area contributed by atoms with Gasteiger partial charge < -0.3 is 4.98 Å². The maximum Gasteiger partial charge on any atom is 0.133 e. The minimum atomic E-state index is 0.574. The largest absolute Gasteiger partial charge is 0.339 e. The van der Waals surface area contributed by atoms with Crippen molar-refractivity contribution < 1.29 is 0 Å². The van der Waals surface area contributed by atoms with Crippen molar-refractivity contribution in [3.8, 4) is 17.3 Å². The lowest BCUT2D eigenvalue weighted by Crippen LogP contribution is -1.95. The first kappa shape index (κ1) is 16.5. The van der Waals surface area contributed by atoms with Gasteiger partial charge in [-0.05, 0) is 30.3 Å². The van der Waals surface area contributed by atoms with E-state index in [9.17, 15) is 5.26 Å². The highest BCUT2D eigenvalue weighted by Gasteiger charge is 2.24. The van der Waals surface area contributed by atoms with Crippen molar-refractivity contribution in [1.82, 2.24) is 9.38 Å². The molecular formula is C25H15N5. The summed E-state index contributed by atoms with van der Waals surface area (Å²) in [5.74, 6) is 0. The molecule has 0 atom stereocenters. The number of pyridine rings is 1. The van der Waals surface area contributed by atoms with E-state index >= 15 is 0 Å². The van der Waals surface area contributed by atoms with Crippen LogP contribution in [0.4, 0.5) is 11.4 Å². The van der Waals surface area contributed by atoms with E-state index < -0.39 is 0 Å². The van der Waals surface area contributed by atoms with Gasteiger partial charge in [0.1, 0.15) is 17.4 Å². The monoisotopic (exact) mass is 385 g/mol. The second-order valence-corrected chi connectivity index (χ2v) is 7.19. The molecule has 2 aliphatic rings. The van der Waals surface area contributed by atoms with Crippen LogP contribution in [0.25, 0.3) is 38.7 Å². The van der Waals surface area contributed by atoms with Crippen molar-refractivity contribution in [2.45, 2.75) is 0 Å². The number of para-hydroxylation sites is 2. The zero-order valence-corrected chi connectivity index (χ0v) is 15.9. The molecule has 2 heterocycles. The molecule has 0 bridgehead atoms. The van der Waals surface area contributed by atoms with E-state index in [2.05, 4.69) is 43.9 Å². The predicted octanol–water partition coefficient (Wildman–Crippen LogP) is 6.97. The van der Waals surface area contributed by atoms with E-state index in [1.54, 1.807) is 0 Å². The summed E-state index contributed by atoms with van der Waals surface area (Å²) in [5, 5.41) is 21.0. The number of fused-ring (bicyclic) bond motifs is 7. The molecule has 0 unspecified atom stereocenters. The summed E-state index contributed by atoms with van der Waals surface area (Å²) in [6.07, 6.45) is 0. The lowest BCUT2D eigenvalue weighted by atomic mass is 10.1. The van der Waals surface area contributed by atoms with E-state index in [4.69, 9.17) is 0 Å². The van der Waals surface area contributed by atoms with Gasteiger partial charge in [0, 0.05) is 16.3 Å². The van der Waals surface area contributed by atoms with Crippen molar-refractivity contribution in [3.63, 3.8) is 0 Å². The lowest BCUT2D eigenvalue weighted by Gasteiger charge is -2.08. The predicted molar refractivity (Wildman–Crippen MR) is 119 cm³/mol. The molecule has 5 nitrogen and oxygen atoms in total. The van der Waals surface area contributed by atoms with Gasteiger partial charge >= 0.3 is 0 Å². The van der Waals surface area contributed by atoms with Crippen molar-refractivity contribution in [2.24, 2.45) is 10.2 Å². The Hall–Kier alpha value is -4.43. The Morgan fingerprint density at radius 2 is 1.53 bits per heavy atom. The third-order valence-corrected chi connectivity index (χ3v) is 5.48. The van der Waals surface area contributed by atoms with Gasteiger partial charge in [0.2, 0.25) is 0 Å². The number of azo groups is 1. The number of nitrogens with zero attached hydrogens (tertiary/aromatic N) is 4. The number of hydrogen-bond donors (Lipinski definition) is 1. The van der Waals surface area contributed by atoms with E-state index in [0.717, 1.165) is 50.1 Å². The molecule has 0 fully saturated rings. The van der Waals surface area contributed by atoms with Gasteiger partial charge in [0.05, 0.1) is 28.0 Å². The minimum Gasteiger partial charge on any atom is -0.339 e. The summed E-state index contributed by atoms with van der Waals surface area (Å²) < 4.78 is 2.13. The van der Waals surface area contributed by atoms with Crippen LogP contribution in [-0.4, -0.2) is 9.38 Å². The van der Waals surface area contributed by atoms with E-state index in [1.165, 1.54) is 0 Å². The third kappa shape index (κ3) is 2.28. The second-order valence-electron chi connectivity index (χ2n) is 7.19. The standard InChI is InChI=1S/C25H15N5/c26-15-16-14-20-23(29-28-17-8-2-1-3-9-17)18-10-4-5-11-19(18)24(20)30-22-13-7-6-12-21(22)27-25(16)30/h1-14,27H. The van der Waals surface area contributed by atoms with Crippen molar-refractivity contribution >= 4 is 38.8 Å². The average Bonchev–Trinajstić information content (AvgIpc) is 3.33. The highest BCUT2D eigenvalue weighted by atomic mass is 15.1. The van der Waals surface area contributed by atoms with Crippen LogP contribution in [0.3, 0.4) is 0 Å². The molecule has 1 N–H and O–H groups in total. The van der Waals surface area contributed by atoms with Gasteiger partial charge in [-0.2, -0.15) is 10.4 Å². The van der Waals surface area contributed by atoms with Gasteiger partial charge in [0.25, 0.3) is 0 Å². The number of nitrogens with one attached hydrogen (secondary N) is 1. The number of nitriles is 1. The summed E-state index contributed by atoms with van der Waals surface area (Å²) in [6.45, 7) is 0. The summed E-state index contributed by atoms with van der Waals surface area (Å²) in [7, 11) is 0. The molecule has 30 heavy (non-hydrogen) atoms. The molecule has 0 spiro atoms. The summed E-state index contributed by atoms with van der Waals surface area (Å²) >= 11 is 0. The van der Waals surface area contributed by atoms with Crippen molar-refractivity contribution in [1.29, 1.82) is 5.26 Å². The molecule has 5 heteroatoms.